The Kier molecular flexibility index (Phi) is 6.25. The van der Waals surface area contributed by atoms with E-state index in [4.69, 9.17) is 11.6 Å². The molecule has 0 radical (unpaired) electrons. The summed E-state index contributed by atoms with van der Waals surface area (Å²) in [5.41, 5.74) is 0.786. The highest BCUT2D eigenvalue weighted by Gasteiger charge is 2.19. The number of rotatable bonds is 6. The minimum Gasteiger partial charge on any atom is -0.351 e. The van der Waals surface area contributed by atoms with Crippen molar-refractivity contribution in [2.24, 2.45) is 0 Å². The molecule has 1 N–H and O–H groups in total. The molecule has 19 heavy (non-hydrogen) atoms. The number of carbonyl (C=O) groups is 1. The van der Waals surface area contributed by atoms with Gasteiger partial charge in [0.15, 0.2) is 0 Å². The van der Waals surface area contributed by atoms with Crippen molar-refractivity contribution in [1.82, 2.24) is 10.2 Å². The molecule has 1 rings (SSSR count). The van der Waals surface area contributed by atoms with Gasteiger partial charge in [-0.2, -0.15) is 0 Å². The molecule has 1 amide bonds. The van der Waals surface area contributed by atoms with Crippen LogP contribution in [0.5, 0.6) is 0 Å². The normalized spacial score (nSPS) is 12.5. The van der Waals surface area contributed by atoms with Crippen LogP contribution in [0.3, 0.4) is 0 Å². The summed E-state index contributed by atoms with van der Waals surface area (Å²) in [7, 11) is 1.92. The lowest BCUT2D eigenvalue weighted by atomic mass is 10.1. The lowest BCUT2D eigenvalue weighted by Crippen LogP contribution is -2.44. The zero-order valence-electron chi connectivity index (χ0n) is 11.5. The van der Waals surface area contributed by atoms with Gasteiger partial charge in [-0.15, -0.1) is 0 Å². The Balaban J connectivity index is 2.60. The molecule has 1 atom stereocenters. The zero-order valence-corrected chi connectivity index (χ0v) is 12.3. The van der Waals surface area contributed by atoms with E-state index in [2.05, 4.69) is 5.32 Å². The number of carbonyl (C=O) groups excluding carboxylic acids is 1. The summed E-state index contributed by atoms with van der Waals surface area (Å²) in [6, 6.07) is 4.31. The number of amides is 1. The summed E-state index contributed by atoms with van der Waals surface area (Å²) < 4.78 is 13.0. The molecule has 5 heteroatoms. The van der Waals surface area contributed by atoms with Crippen LogP contribution in [0.4, 0.5) is 4.39 Å². The number of likely N-dealkylation sites (N-methyl/N-ethyl adjacent to an activating group) is 1. The maximum atomic E-state index is 13.0. The molecular formula is C14H20ClFN2O. The standard InChI is InChI=1S/C14H20ClFN2O/c1-4-13(18(3)5-2)14(19)17-9-10-6-7-12(16)11(15)8-10/h6-8,13H,4-5,9H2,1-3H3,(H,17,19)/t13-/m0/s1. The van der Waals surface area contributed by atoms with Crippen molar-refractivity contribution in [3.05, 3.63) is 34.6 Å². The molecule has 0 heterocycles. The summed E-state index contributed by atoms with van der Waals surface area (Å²) in [5, 5.41) is 2.92. The van der Waals surface area contributed by atoms with Gasteiger partial charge in [-0.25, -0.2) is 4.39 Å². The topological polar surface area (TPSA) is 32.3 Å². The van der Waals surface area contributed by atoms with Crippen molar-refractivity contribution in [2.45, 2.75) is 32.9 Å². The Morgan fingerprint density at radius 1 is 1.47 bits per heavy atom. The molecule has 106 valence electrons. The average Bonchev–Trinajstić information content (AvgIpc) is 2.40. The van der Waals surface area contributed by atoms with Crippen molar-refractivity contribution in [1.29, 1.82) is 0 Å². The lowest BCUT2D eigenvalue weighted by molar-refractivity contribution is -0.126. The van der Waals surface area contributed by atoms with Gasteiger partial charge >= 0.3 is 0 Å². The molecule has 0 fully saturated rings. The first-order valence-corrected chi connectivity index (χ1v) is 6.79. The summed E-state index contributed by atoms with van der Waals surface area (Å²) in [4.78, 5) is 14.0. The summed E-state index contributed by atoms with van der Waals surface area (Å²) in [5.74, 6) is -0.471. The predicted molar refractivity (Wildman–Crippen MR) is 75.6 cm³/mol. The summed E-state index contributed by atoms with van der Waals surface area (Å²) in [6.07, 6.45) is 0.750. The Hall–Kier alpha value is -1.13. The van der Waals surface area contributed by atoms with Crippen LogP contribution in [0, 0.1) is 5.82 Å². The molecule has 0 aliphatic heterocycles. The first kappa shape index (κ1) is 15.9. The van der Waals surface area contributed by atoms with Gasteiger partial charge in [0, 0.05) is 6.54 Å². The highest BCUT2D eigenvalue weighted by molar-refractivity contribution is 6.30. The molecule has 0 aliphatic carbocycles. The smallest absolute Gasteiger partial charge is 0.237 e. The molecule has 0 aromatic heterocycles. The third-order valence-corrected chi connectivity index (χ3v) is 3.46. The maximum absolute atomic E-state index is 13.0. The van der Waals surface area contributed by atoms with Gasteiger partial charge in [0.1, 0.15) is 5.82 Å². The van der Waals surface area contributed by atoms with Crippen molar-refractivity contribution in [3.8, 4) is 0 Å². The molecule has 0 saturated heterocycles. The lowest BCUT2D eigenvalue weighted by Gasteiger charge is -2.24. The van der Waals surface area contributed by atoms with E-state index in [1.165, 1.54) is 12.1 Å². The van der Waals surface area contributed by atoms with Crippen LogP contribution in [0.1, 0.15) is 25.8 Å². The molecule has 0 unspecified atom stereocenters. The van der Waals surface area contributed by atoms with Gasteiger partial charge in [-0.1, -0.05) is 31.5 Å². The first-order chi connectivity index (χ1) is 8.99. The second-order valence-corrected chi connectivity index (χ2v) is 4.87. The van der Waals surface area contributed by atoms with E-state index in [-0.39, 0.29) is 17.0 Å². The van der Waals surface area contributed by atoms with Crippen molar-refractivity contribution in [2.75, 3.05) is 13.6 Å². The Morgan fingerprint density at radius 2 is 2.16 bits per heavy atom. The van der Waals surface area contributed by atoms with Crippen molar-refractivity contribution >= 4 is 17.5 Å². The predicted octanol–water partition coefficient (Wildman–Crippen LogP) is 2.83. The van der Waals surface area contributed by atoms with E-state index in [1.807, 2.05) is 25.8 Å². The van der Waals surface area contributed by atoms with Crippen LogP contribution in [0.25, 0.3) is 0 Å². The van der Waals surface area contributed by atoms with Crippen LogP contribution in [-0.4, -0.2) is 30.4 Å². The van der Waals surface area contributed by atoms with Gasteiger partial charge in [-0.3, -0.25) is 9.69 Å². The van der Waals surface area contributed by atoms with Gasteiger partial charge < -0.3 is 5.32 Å². The molecule has 0 spiro atoms. The van der Waals surface area contributed by atoms with E-state index in [0.717, 1.165) is 18.5 Å². The molecule has 0 aliphatic rings. The van der Waals surface area contributed by atoms with Gasteiger partial charge in [0.25, 0.3) is 0 Å². The Labute approximate surface area is 118 Å². The van der Waals surface area contributed by atoms with Gasteiger partial charge in [-0.05, 0) is 37.7 Å². The molecule has 1 aromatic carbocycles. The van der Waals surface area contributed by atoms with E-state index < -0.39 is 5.82 Å². The Morgan fingerprint density at radius 3 is 2.68 bits per heavy atom. The average molecular weight is 287 g/mol. The van der Waals surface area contributed by atoms with E-state index >= 15 is 0 Å². The number of nitrogens with zero attached hydrogens (tertiary/aromatic N) is 1. The summed E-state index contributed by atoms with van der Waals surface area (Å²) in [6.45, 7) is 5.15. The largest absolute Gasteiger partial charge is 0.351 e. The second kappa shape index (κ2) is 7.46. The number of benzene rings is 1. The second-order valence-electron chi connectivity index (χ2n) is 4.46. The van der Waals surface area contributed by atoms with Crippen LogP contribution in [-0.2, 0) is 11.3 Å². The van der Waals surface area contributed by atoms with Crippen molar-refractivity contribution < 1.29 is 9.18 Å². The molecule has 1 aromatic rings. The fourth-order valence-corrected chi connectivity index (χ4v) is 2.08. The molecular weight excluding hydrogens is 267 g/mol. The van der Waals surface area contributed by atoms with E-state index in [1.54, 1.807) is 6.07 Å². The Bertz CT molecular complexity index is 439. The third-order valence-electron chi connectivity index (χ3n) is 3.17. The SMILES string of the molecule is CC[C@@H](C(=O)NCc1ccc(F)c(Cl)c1)N(C)CC. The number of halogens is 2. The summed E-state index contributed by atoms with van der Waals surface area (Å²) >= 11 is 5.70. The fourth-order valence-electron chi connectivity index (χ4n) is 1.87. The minimum atomic E-state index is -0.450. The quantitative estimate of drug-likeness (QED) is 0.872. The van der Waals surface area contributed by atoms with Crippen LogP contribution >= 0.6 is 11.6 Å². The number of hydrogen-bond donors (Lipinski definition) is 1. The zero-order chi connectivity index (χ0) is 14.4. The maximum Gasteiger partial charge on any atom is 0.237 e. The minimum absolute atomic E-state index is 0.0210. The molecule has 0 bridgehead atoms. The van der Waals surface area contributed by atoms with E-state index in [9.17, 15) is 9.18 Å². The molecule has 0 saturated carbocycles. The van der Waals surface area contributed by atoms with Crippen LogP contribution in [0.15, 0.2) is 18.2 Å². The van der Waals surface area contributed by atoms with Gasteiger partial charge in [0.05, 0.1) is 11.1 Å². The van der Waals surface area contributed by atoms with Crippen LogP contribution < -0.4 is 5.32 Å². The highest BCUT2D eigenvalue weighted by Crippen LogP contribution is 2.15. The number of nitrogens with one attached hydrogen (secondary N) is 1. The first-order valence-electron chi connectivity index (χ1n) is 6.41. The van der Waals surface area contributed by atoms with Crippen molar-refractivity contribution in [3.63, 3.8) is 0 Å². The number of hydrogen-bond acceptors (Lipinski definition) is 2. The highest BCUT2D eigenvalue weighted by atomic mass is 35.5. The monoisotopic (exact) mass is 286 g/mol. The third kappa shape index (κ3) is 4.48. The van der Waals surface area contributed by atoms with E-state index in [0.29, 0.717) is 6.54 Å². The van der Waals surface area contributed by atoms with Crippen LogP contribution in [0.2, 0.25) is 5.02 Å². The molecule has 3 nitrogen and oxygen atoms in total. The fraction of sp³-hybridized carbons (Fsp3) is 0.500. The van der Waals surface area contributed by atoms with Gasteiger partial charge in [0.2, 0.25) is 5.91 Å².